The number of rotatable bonds is 6. The second-order valence-corrected chi connectivity index (χ2v) is 15.3. The zero-order chi connectivity index (χ0) is 37.1. The summed E-state index contributed by atoms with van der Waals surface area (Å²) in [6, 6.07) is 47.3. The van der Waals surface area contributed by atoms with Gasteiger partial charge >= 0.3 is 21.1 Å². The van der Waals surface area contributed by atoms with Crippen LogP contribution in [0.1, 0.15) is 68.0 Å². The minimum Gasteiger partial charge on any atom is -0.319 e. The molecule has 0 spiro atoms. The summed E-state index contributed by atoms with van der Waals surface area (Å²) in [5, 5.41) is 23.1. The molecule has 0 unspecified atom stereocenters. The predicted octanol–water partition coefficient (Wildman–Crippen LogP) is 11.3. The Labute approximate surface area is 331 Å². The predicted molar refractivity (Wildman–Crippen MR) is 215 cm³/mol. The summed E-state index contributed by atoms with van der Waals surface area (Å²) in [6.45, 7) is 15.1. The van der Waals surface area contributed by atoms with Gasteiger partial charge in [0.15, 0.2) is 5.82 Å². The Morgan fingerprint density at radius 1 is 0.741 bits per heavy atom. The van der Waals surface area contributed by atoms with Crippen molar-refractivity contribution >= 4 is 44.5 Å². The Hall–Kier alpha value is -5.63. The molecule has 0 radical (unpaired) electrons. The van der Waals surface area contributed by atoms with Gasteiger partial charge in [-0.15, -0.1) is 28.9 Å². The Balaban J connectivity index is 0.00000450. The average Bonchev–Trinajstić information content (AvgIpc) is 3.60. The molecule has 6 nitrogen and oxygen atoms in total. The van der Waals surface area contributed by atoms with E-state index in [2.05, 4.69) is 149 Å². The van der Waals surface area contributed by atoms with Crippen LogP contribution in [0.5, 0.6) is 0 Å². The van der Waals surface area contributed by atoms with Crippen molar-refractivity contribution in [3.05, 3.63) is 161 Å². The van der Waals surface area contributed by atoms with Gasteiger partial charge in [-0.05, 0) is 82.6 Å². The number of pyridine rings is 2. The summed E-state index contributed by atoms with van der Waals surface area (Å²) in [7, 11) is 0. The molecule has 0 atom stereocenters. The number of anilines is 3. The van der Waals surface area contributed by atoms with Crippen LogP contribution in [0.3, 0.4) is 0 Å². The zero-order valence-electron chi connectivity index (χ0n) is 31.5. The summed E-state index contributed by atoms with van der Waals surface area (Å²) in [6.07, 6.45) is 1.88. The molecule has 0 aliphatic rings. The van der Waals surface area contributed by atoms with Gasteiger partial charge in [-0.3, -0.25) is 0 Å². The summed E-state index contributed by atoms with van der Waals surface area (Å²) in [5.74, 6) is 1.60. The first kappa shape index (κ1) is 36.7. The molecule has 3 heterocycles. The molecule has 5 aromatic carbocycles. The number of nitrogens with zero attached hydrogens (tertiary/aromatic N) is 6. The fourth-order valence-electron chi connectivity index (χ4n) is 7.48. The number of para-hydroxylation sites is 2. The normalized spacial score (nSPS) is 11.8. The van der Waals surface area contributed by atoms with Crippen LogP contribution in [-0.4, -0.2) is 19.6 Å². The van der Waals surface area contributed by atoms with Crippen molar-refractivity contribution in [1.29, 1.82) is 5.26 Å². The summed E-state index contributed by atoms with van der Waals surface area (Å²) in [5.41, 5.74) is 9.57. The van der Waals surface area contributed by atoms with E-state index in [4.69, 9.17) is 15.2 Å². The molecule has 268 valence electrons. The molecule has 7 heteroatoms. The van der Waals surface area contributed by atoms with E-state index in [1.807, 2.05) is 42.6 Å². The van der Waals surface area contributed by atoms with Gasteiger partial charge in [-0.2, -0.15) is 28.9 Å². The minimum absolute atomic E-state index is 0. The molecular weight excluding hydrogens is 844 g/mol. The molecule has 54 heavy (non-hydrogen) atoms. The van der Waals surface area contributed by atoms with Gasteiger partial charge in [0.05, 0.1) is 5.65 Å². The summed E-state index contributed by atoms with van der Waals surface area (Å²) < 4.78 is 2.15. The third kappa shape index (κ3) is 6.17. The molecule has 0 bridgehead atoms. The van der Waals surface area contributed by atoms with E-state index in [-0.39, 0.29) is 26.5 Å². The van der Waals surface area contributed by atoms with Gasteiger partial charge in [-0.1, -0.05) is 106 Å². The van der Waals surface area contributed by atoms with E-state index < -0.39 is 5.41 Å². The van der Waals surface area contributed by atoms with Gasteiger partial charge in [0, 0.05) is 29.0 Å². The maximum Gasteiger partial charge on any atom is 2.00 e. The van der Waals surface area contributed by atoms with Crippen molar-refractivity contribution in [2.24, 2.45) is 0 Å². The first-order valence-electron chi connectivity index (χ1n) is 17.9. The molecule has 0 aliphatic heterocycles. The van der Waals surface area contributed by atoms with Crippen LogP contribution in [0.2, 0.25) is 0 Å². The molecule has 3 aromatic heterocycles. The second-order valence-electron chi connectivity index (χ2n) is 15.3. The standard InChI is InChI=1S/C47H40N6.Pt/c1-30-15-13-16-31(2)43(30)45-51-50-44-39-28-40(32(29-48)25-38(39)37-21-11-12-22-41(37)53(44)45)47(6,7)34-17-14-20-36(26-34)52(35-18-9-8-10-19-35)42-27-33(23-24-49-42)46(3,4)5;/h8-25,27H,1-7H3;/q-2;+2. The second kappa shape index (κ2) is 14.0. The third-order valence-electron chi connectivity index (χ3n) is 10.4. The molecule has 8 aromatic rings. The van der Waals surface area contributed by atoms with E-state index >= 15 is 0 Å². The molecular formula is C47H40N6Pt. The number of aromatic nitrogens is 4. The first-order chi connectivity index (χ1) is 25.5. The Bertz CT molecular complexity index is 2710. The smallest absolute Gasteiger partial charge is 0.319 e. The topological polar surface area (TPSA) is 70.1 Å². The average molecular weight is 884 g/mol. The number of fused-ring (bicyclic) bond motifs is 6. The molecule has 0 N–H and O–H groups in total. The molecule has 0 saturated heterocycles. The van der Waals surface area contributed by atoms with Crippen LogP contribution < -0.4 is 4.90 Å². The van der Waals surface area contributed by atoms with E-state index in [9.17, 15) is 5.26 Å². The van der Waals surface area contributed by atoms with E-state index in [1.165, 1.54) is 5.56 Å². The van der Waals surface area contributed by atoms with E-state index in [0.717, 1.165) is 72.5 Å². The number of nitriles is 1. The Kier molecular flexibility index (Phi) is 9.50. The molecule has 0 amide bonds. The Morgan fingerprint density at radius 3 is 2.17 bits per heavy atom. The number of aryl methyl sites for hydroxylation is 2. The van der Waals surface area contributed by atoms with Crippen molar-refractivity contribution in [1.82, 2.24) is 19.6 Å². The van der Waals surface area contributed by atoms with Crippen molar-refractivity contribution in [2.75, 3.05) is 4.90 Å². The summed E-state index contributed by atoms with van der Waals surface area (Å²) in [4.78, 5) is 6.99. The van der Waals surface area contributed by atoms with Crippen LogP contribution in [0.4, 0.5) is 17.2 Å². The maximum absolute atomic E-state index is 10.7. The molecule has 0 saturated carbocycles. The Morgan fingerprint density at radius 2 is 1.44 bits per heavy atom. The van der Waals surface area contributed by atoms with Crippen LogP contribution >= 0.6 is 0 Å². The van der Waals surface area contributed by atoms with Gasteiger partial charge < -0.3 is 9.30 Å². The molecule has 0 aliphatic carbocycles. The largest absolute Gasteiger partial charge is 2.00 e. The van der Waals surface area contributed by atoms with Crippen molar-refractivity contribution < 1.29 is 21.1 Å². The minimum atomic E-state index is -0.670. The van der Waals surface area contributed by atoms with E-state index in [1.54, 1.807) is 0 Å². The van der Waals surface area contributed by atoms with Gasteiger partial charge in [0.2, 0.25) is 0 Å². The fraction of sp³-hybridized carbons (Fsp3) is 0.191. The van der Waals surface area contributed by atoms with Crippen LogP contribution in [-0.2, 0) is 31.9 Å². The monoisotopic (exact) mass is 883 g/mol. The molecule has 0 fully saturated rings. The zero-order valence-corrected chi connectivity index (χ0v) is 33.7. The van der Waals surface area contributed by atoms with Crippen molar-refractivity contribution in [3.63, 3.8) is 0 Å². The third-order valence-corrected chi connectivity index (χ3v) is 10.4. The SMILES string of the molecule is Cc1cccc(C)c1-c1nnc2c3[c-]c(C(C)(C)c4[c-]c(N(c5ccccc5)c5cc(C(C)(C)C)ccn5)ccc4)c(C#N)cc3c3ccccc3n12.[Pt+2]. The quantitative estimate of drug-likeness (QED) is 0.123. The first-order valence-corrected chi connectivity index (χ1v) is 17.9. The number of hydrogen-bond acceptors (Lipinski definition) is 5. The van der Waals surface area contributed by atoms with Crippen LogP contribution in [0.15, 0.2) is 115 Å². The van der Waals surface area contributed by atoms with Gasteiger partial charge in [0.25, 0.3) is 0 Å². The van der Waals surface area contributed by atoms with Gasteiger partial charge in [-0.25, -0.2) is 10.2 Å². The van der Waals surface area contributed by atoms with Crippen molar-refractivity contribution in [2.45, 2.75) is 59.3 Å². The van der Waals surface area contributed by atoms with Crippen molar-refractivity contribution in [3.8, 4) is 17.5 Å². The van der Waals surface area contributed by atoms with E-state index in [0.29, 0.717) is 11.2 Å². The molecule has 8 rings (SSSR count). The number of benzene rings is 5. The van der Waals surface area contributed by atoms with Gasteiger partial charge in [0.1, 0.15) is 5.82 Å². The number of hydrogen-bond donors (Lipinski definition) is 0. The maximum atomic E-state index is 10.7. The summed E-state index contributed by atoms with van der Waals surface area (Å²) >= 11 is 0. The van der Waals surface area contributed by atoms with Crippen LogP contribution in [0.25, 0.3) is 38.7 Å². The van der Waals surface area contributed by atoms with Crippen LogP contribution in [0, 0.1) is 37.3 Å². The fourth-order valence-corrected chi connectivity index (χ4v) is 7.48.